The van der Waals surface area contributed by atoms with Crippen LogP contribution in [0.15, 0.2) is 42.5 Å². The predicted molar refractivity (Wildman–Crippen MR) is 75.3 cm³/mol. The first kappa shape index (κ1) is 13.8. The number of benzene rings is 2. The van der Waals surface area contributed by atoms with Gasteiger partial charge in [-0.15, -0.1) is 0 Å². The highest BCUT2D eigenvalue weighted by molar-refractivity contribution is 6.30. The van der Waals surface area contributed by atoms with E-state index in [-0.39, 0.29) is 5.82 Å². The molecule has 0 amide bonds. The van der Waals surface area contributed by atoms with Gasteiger partial charge in [0.2, 0.25) is 0 Å². The minimum absolute atomic E-state index is 0.306. The van der Waals surface area contributed by atoms with Crippen molar-refractivity contribution in [3.63, 3.8) is 0 Å². The average molecular weight is 280 g/mol. The van der Waals surface area contributed by atoms with Gasteiger partial charge in [-0.05, 0) is 48.5 Å². The van der Waals surface area contributed by atoms with Gasteiger partial charge in [0.1, 0.15) is 17.3 Å². The van der Waals surface area contributed by atoms with Crippen molar-refractivity contribution in [1.29, 1.82) is 0 Å². The zero-order chi connectivity index (χ0) is 13.7. The molecule has 2 aromatic rings. The second kappa shape index (κ2) is 6.55. The molecule has 2 rings (SSSR count). The van der Waals surface area contributed by atoms with Crippen LogP contribution < -0.4 is 10.1 Å². The lowest BCUT2D eigenvalue weighted by atomic mass is 10.2. The largest absolute Gasteiger partial charge is 0.457 e. The number of hydrogen-bond acceptors (Lipinski definition) is 2. The Balaban J connectivity index is 2.15. The van der Waals surface area contributed by atoms with Gasteiger partial charge >= 0.3 is 0 Å². The van der Waals surface area contributed by atoms with Gasteiger partial charge in [-0.1, -0.05) is 18.5 Å². The first-order valence-corrected chi connectivity index (χ1v) is 6.49. The van der Waals surface area contributed by atoms with Crippen molar-refractivity contribution in [1.82, 2.24) is 5.32 Å². The Labute approximate surface area is 117 Å². The first-order valence-electron chi connectivity index (χ1n) is 6.11. The summed E-state index contributed by atoms with van der Waals surface area (Å²) in [5.41, 5.74) is 0.853. The molecule has 19 heavy (non-hydrogen) atoms. The Morgan fingerprint density at radius 3 is 2.53 bits per heavy atom. The molecule has 0 spiro atoms. The summed E-state index contributed by atoms with van der Waals surface area (Å²) in [6.45, 7) is 3.46. The lowest BCUT2D eigenvalue weighted by Gasteiger charge is -2.09. The van der Waals surface area contributed by atoms with E-state index < -0.39 is 0 Å². The highest BCUT2D eigenvalue weighted by Crippen LogP contribution is 2.24. The minimum Gasteiger partial charge on any atom is -0.457 e. The van der Waals surface area contributed by atoms with Crippen molar-refractivity contribution < 1.29 is 9.13 Å². The van der Waals surface area contributed by atoms with Crippen molar-refractivity contribution in [2.24, 2.45) is 0 Å². The molecular formula is C15H15ClFNO. The van der Waals surface area contributed by atoms with Gasteiger partial charge < -0.3 is 10.1 Å². The van der Waals surface area contributed by atoms with Crippen molar-refractivity contribution in [3.8, 4) is 11.5 Å². The topological polar surface area (TPSA) is 21.3 Å². The molecule has 0 fully saturated rings. The fraction of sp³-hybridized carbons (Fsp3) is 0.200. The smallest absolute Gasteiger partial charge is 0.130 e. The molecule has 1 N–H and O–H groups in total. The van der Waals surface area contributed by atoms with Gasteiger partial charge in [0.05, 0.1) is 0 Å². The quantitative estimate of drug-likeness (QED) is 0.877. The van der Waals surface area contributed by atoms with E-state index in [1.165, 1.54) is 12.1 Å². The molecule has 0 aromatic heterocycles. The van der Waals surface area contributed by atoms with Crippen LogP contribution in [-0.2, 0) is 6.54 Å². The molecule has 2 nitrogen and oxygen atoms in total. The zero-order valence-corrected chi connectivity index (χ0v) is 11.4. The van der Waals surface area contributed by atoms with Gasteiger partial charge in [-0.2, -0.15) is 0 Å². The third-order valence-corrected chi connectivity index (χ3v) is 2.81. The second-order valence-electron chi connectivity index (χ2n) is 4.13. The first-order chi connectivity index (χ1) is 9.17. The minimum atomic E-state index is -0.306. The molecule has 0 aliphatic heterocycles. The van der Waals surface area contributed by atoms with E-state index in [2.05, 4.69) is 5.32 Å². The monoisotopic (exact) mass is 279 g/mol. The summed E-state index contributed by atoms with van der Waals surface area (Å²) in [5, 5.41) is 3.79. The van der Waals surface area contributed by atoms with Crippen molar-refractivity contribution in [3.05, 3.63) is 58.9 Å². The Morgan fingerprint density at radius 2 is 1.84 bits per heavy atom. The molecule has 0 heterocycles. The van der Waals surface area contributed by atoms with Gasteiger partial charge in [-0.25, -0.2) is 4.39 Å². The lowest BCUT2D eigenvalue weighted by molar-refractivity contribution is 0.475. The number of ether oxygens (including phenoxy) is 1. The molecular weight excluding hydrogens is 265 g/mol. The third kappa shape index (κ3) is 4.23. The maximum absolute atomic E-state index is 13.5. The van der Waals surface area contributed by atoms with Crippen LogP contribution in [0.4, 0.5) is 4.39 Å². The van der Waals surface area contributed by atoms with Crippen LogP contribution >= 0.6 is 11.6 Å². The van der Waals surface area contributed by atoms with E-state index in [9.17, 15) is 4.39 Å². The highest BCUT2D eigenvalue weighted by atomic mass is 35.5. The summed E-state index contributed by atoms with van der Waals surface area (Å²) >= 11 is 5.80. The molecule has 0 unspecified atom stereocenters. The van der Waals surface area contributed by atoms with E-state index in [0.717, 1.165) is 12.1 Å². The summed E-state index contributed by atoms with van der Waals surface area (Å²) in [6.07, 6.45) is 0. The molecule has 0 saturated heterocycles. The van der Waals surface area contributed by atoms with Crippen LogP contribution in [0.2, 0.25) is 5.02 Å². The molecule has 0 atom stereocenters. The third-order valence-electron chi connectivity index (χ3n) is 2.56. The van der Waals surface area contributed by atoms with E-state index in [1.54, 1.807) is 24.3 Å². The molecule has 0 radical (unpaired) electrons. The molecule has 0 saturated carbocycles. The molecule has 100 valence electrons. The molecule has 0 bridgehead atoms. The predicted octanol–water partition coefficient (Wildman–Crippen LogP) is 4.38. The van der Waals surface area contributed by atoms with Crippen LogP contribution in [0.3, 0.4) is 0 Å². The normalized spacial score (nSPS) is 10.5. The summed E-state index contributed by atoms with van der Waals surface area (Å²) in [6, 6.07) is 11.6. The van der Waals surface area contributed by atoms with E-state index in [1.807, 2.05) is 13.0 Å². The molecule has 0 aliphatic carbocycles. The maximum Gasteiger partial charge on any atom is 0.130 e. The Kier molecular flexibility index (Phi) is 4.77. The Hall–Kier alpha value is -1.58. The van der Waals surface area contributed by atoms with Crippen LogP contribution in [0.5, 0.6) is 11.5 Å². The van der Waals surface area contributed by atoms with Crippen LogP contribution in [0, 0.1) is 5.82 Å². The fourth-order valence-electron chi connectivity index (χ4n) is 1.69. The SMILES string of the molecule is CCNCc1cc(F)cc(Oc2ccc(Cl)cc2)c1. The van der Waals surface area contributed by atoms with Gasteiger partial charge in [0.15, 0.2) is 0 Å². The van der Waals surface area contributed by atoms with Crippen LogP contribution in [-0.4, -0.2) is 6.54 Å². The molecule has 2 aromatic carbocycles. The summed E-state index contributed by atoms with van der Waals surface area (Å²) in [5.74, 6) is 0.805. The second-order valence-corrected chi connectivity index (χ2v) is 4.57. The van der Waals surface area contributed by atoms with Gasteiger partial charge in [0.25, 0.3) is 0 Å². The number of hydrogen-bond donors (Lipinski definition) is 1. The lowest BCUT2D eigenvalue weighted by Crippen LogP contribution is -2.11. The van der Waals surface area contributed by atoms with E-state index in [4.69, 9.17) is 16.3 Å². The molecule has 0 aliphatic rings. The van der Waals surface area contributed by atoms with Crippen molar-refractivity contribution in [2.75, 3.05) is 6.54 Å². The summed E-state index contributed by atoms with van der Waals surface area (Å²) < 4.78 is 19.1. The average Bonchev–Trinajstić information content (AvgIpc) is 2.38. The summed E-state index contributed by atoms with van der Waals surface area (Å²) in [4.78, 5) is 0. The Bertz CT molecular complexity index is 542. The number of halogens is 2. The zero-order valence-electron chi connectivity index (χ0n) is 10.6. The number of rotatable bonds is 5. The summed E-state index contributed by atoms with van der Waals surface area (Å²) in [7, 11) is 0. The highest BCUT2D eigenvalue weighted by Gasteiger charge is 2.03. The van der Waals surface area contributed by atoms with Gasteiger partial charge in [-0.3, -0.25) is 0 Å². The van der Waals surface area contributed by atoms with Crippen LogP contribution in [0.1, 0.15) is 12.5 Å². The van der Waals surface area contributed by atoms with Gasteiger partial charge in [0, 0.05) is 17.6 Å². The standard InChI is InChI=1S/C15H15ClFNO/c1-2-18-10-11-7-13(17)9-15(8-11)19-14-5-3-12(16)4-6-14/h3-9,18H,2,10H2,1H3. The van der Waals surface area contributed by atoms with Crippen molar-refractivity contribution in [2.45, 2.75) is 13.5 Å². The van der Waals surface area contributed by atoms with E-state index >= 15 is 0 Å². The van der Waals surface area contributed by atoms with Crippen LogP contribution in [0.25, 0.3) is 0 Å². The number of nitrogens with one attached hydrogen (secondary N) is 1. The Morgan fingerprint density at radius 1 is 1.11 bits per heavy atom. The maximum atomic E-state index is 13.5. The van der Waals surface area contributed by atoms with Crippen molar-refractivity contribution >= 4 is 11.6 Å². The molecule has 4 heteroatoms. The van der Waals surface area contributed by atoms with E-state index in [0.29, 0.717) is 23.1 Å². The fourth-order valence-corrected chi connectivity index (χ4v) is 1.82.